The average Bonchev–Trinajstić information content (AvgIpc) is 3.19. The first kappa shape index (κ1) is 17.1. The second-order valence-corrected chi connectivity index (χ2v) is 6.48. The summed E-state index contributed by atoms with van der Waals surface area (Å²) in [6.07, 6.45) is 3.65. The molecule has 2 amide bonds. The van der Waals surface area contributed by atoms with Crippen molar-refractivity contribution < 1.29 is 14.0 Å². The van der Waals surface area contributed by atoms with Gasteiger partial charge in [0, 0.05) is 37.1 Å². The number of carbonyl (C=O) groups is 2. The summed E-state index contributed by atoms with van der Waals surface area (Å²) in [6.45, 7) is 4.39. The number of anilines is 1. The first-order valence-corrected chi connectivity index (χ1v) is 8.28. The van der Waals surface area contributed by atoms with Crippen LogP contribution in [-0.4, -0.2) is 34.2 Å². The predicted octanol–water partition coefficient (Wildman–Crippen LogP) is 1.89. The molecule has 0 spiro atoms. The summed E-state index contributed by atoms with van der Waals surface area (Å²) < 4.78 is 15.5. The lowest BCUT2D eigenvalue weighted by molar-refractivity contribution is -0.126. The van der Waals surface area contributed by atoms with E-state index in [1.807, 2.05) is 19.2 Å². The van der Waals surface area contributed by atoms with Crippen LogP contribution in [0.15, 0.2) is 36.7 Å². The number of nitrogens with zero attached hydrogens (tertiary/aromatic N) is 3. The van der Waals surface area contributed by atoms with E-state index in [2.05, 4.69) is 10.4 Å². The molecule has 0 unspecified atom stereocenters. The van der Waals surface area contributed by atoms with Gasteiger partial charge in [-0.3, -0.25) is 14.3 Å². The Kier molecular flexibility index (Phi) is 4.83. The Morgan fingerprint density at radius 3 is 2.96 bits per heavy atom. The number of carbonyl (C=O) groups excluding carboxylic acids is 2. The number of aryl methyl sites for hydroxylation is 1. The highest BCUT2D eigenvalue weighted by Crippen LogP contribution is 2.26. The normalized spacial score (nSPS) is 18.4. The van der Waals surface area contributed by atoms with Crippen molar-refractivity contribution in [2.75, 3.05) is 11.4 Å². The van der Waals surface area contributed by atoms with Gasteiger partial charge in [-0.05, 0) is 37.6 Å². The average molecular weight is 344 g/mol. The van der Waals surface area contributed by atoms with E-state index in [-0.39, 0.29) is 36.6 Å². The molecule has 1 fully saturated rings. The molecule has 0 saturated carbocycles. The molecule has 1 aromatic carbocycles. The smallest absolute Gasteiger partial charge is 0.227 e. The Bertz CT molecular complexity index is 775. The molecular formula is C18H21FN4O2. The predicted molar refractivity (Wildman–Crippen MR) is 91.4 cm³/mol. The largest absolute Gasteiger partial charge is 0.351 e. The number of halogens is 1. The monoisotopic (exact) mass is 344 g/mol. The third-order valence-electron chi connectivity index (χ3n) is 4.37. The number of nitrogens with one attached hydrogen (secondary N) is 1. The molecule has 3 rings (SSSR count). The Morgan fingerprint density at radius 2 is 2.28 bits per heavy atom. The van der Waals surface area contributed by atoms with Crippen LogP contribution in [0.3, 0.4) is 0 Å². The van der Waals surface area contributed by atoms with Gasteiger partial charge in [0.2, 0.25) is 11.8 Å². The van der Waals surface area contributed by atoms with E-state index in [0.29, 0.717) is 17.8 Å². The number of hydrogen-bond acceptors (Lipinski definition) is 3. The fraction of sp³-hybridized carbons (Fsp3) is 0.389. The third-order valence-corrected chi connectivity index (χ3v) is 4.37. The molecule has 6 nitrogen and oxygen atoms in total. The van der Waals surface area contributed by atoms with Crippen molar-refractivity contribution in [2.45, 2.75) is 32.9 Å². The minimum Gasteiger partial charge on any atom is -0.351 e. The molecule has 1 N–H and O–H groups in total. The molecule has 1 saturated heterocycles. The van der Waals surface area contributed by atoms with Crippen molar-refractivity contribution >= 4 is 17.5 Å². The molecular weight excluding hydrogens is 323 g/mol. The standard InChI is InChI=1S/C18H21FN4O2/c1-12-4-5-15(9-16(12)19)23-11-14(8-17(23)24)18(25)21-13(2)10-22-7-3-6-20-22/h3-7,9,13-14H,8,10-11H2,1-2H3,(H,21,25)/t13-,14+/m1/s1. The van der Waals surface area contributed by atoms with Crippen LogP contribution in [0.25, 0.3) is 0 Å². The van der Waals surface area contributed by atoms with E-state index in [4.69, 9.17) is 0 Å². The fourth-order valence-electron chi connectivity index (χ4n) is 2.98. The van der Waals surface area contributed by atoms with Gasteiger partial charge < -0.3 is 10.2 Å². The summed E-state index contributed by atoms with van der Waals surface area (Å²) in [7, 11) is 0. The zero-order chi connectivity index (χ0) is 18.0. The van der Waals surface area contributed by atoms with Crippen LogP contribution in [0.4, 0.5) is 10.1 Å². The second-order valence-electron chi connectivity index (χ2n) is 6.48. The number of benzene rings is 1. The van der Waals surface area contributed by atoms with E-state index in [0.717, 1.165) is 0 Å². The number of hydrogen-bond donors (Lipinski definition) is 1. The van der Waals surface area contributed by atoms with Crippen molar-refractivity contribution in [1.29, 1.82) is 0 Å². The Hall–Kier alpha value is -2.70. The highest BCUT2D eigenvalue weighted by atomic mass is 19.1. The van der Waals surface area contributed by atoms with Crippen LogP contribution in [0, 0.1) is 18.7 Å². The lowest BCUT2D eigenvalue weighted by Gasteiger charge is -2.19. The number of amides is 2. The van der Waals surface area contributed by atoms with Gasteiger partial charge in [0.05, 0.1) is 12.5 Å². The van der Waals surface area contributed by atoms with Crippen LogP contribution in [0.2, 0.25) is 0 Å². The van der Waals surface area contributed by atoms with Crippen LogP contribution in [0.1, 0.15) is 18.9 Å². The van der Waals surface area contributed by atoms with E-state index >= 15 is 0 Å². The van der Waals surface area contributed by atoms with Crippen molar-refractivity contribution in [3.8, 4) is 0 Å². The van der Waals surface area contributed by atoms with Gasteiger partial charge in [0.1, 0.15) is 5.82 Å². The summed E-state index contributed by atoms with van der Waals surface area (Å²) in [6, 6.07) is 6.40. The Morgan fingerprint density at radius 1 is 1.48 bits per heavy atom. The lowest BCUT2D eigenvalue weighted by atomic mass is 10.1. The highest BCUT2D eigenvalue weighted by molar-refractivity contribution is 6.00. The first-order valence-electron chi connectivity index (χ1n) is 8.28. The van der Waals surface area contributed by atoms with Crippen LogP contribution in [0.5, 0.6) is 0 Å². The minimum atomic E-state index is -0.433. The van der Waals surface area contributed by atoms with Gasteiger partial charge in [0.25, 0.3) is 0 Å². The van der Waals surface area contributed by atoms with E-state index < -0.39 is 5.92 Å². The maximum absolute atomic E-state index is 13.7. The van der Waals surface area contributed by atoms with Crippen molar-refractivity contribution in [1.82, 2.24) is 15.1 Å². The third kappa shape index (κ3) is 3.87. The van der Waals surface area contributed by atoms with Gasteiger partial charge >= 0.3 is 0 Å². The molecule has 1 aromatic heterocycles. The van der Waals surface area contributed by atoms with Crippen LogP contribution in [-0.2, 0) is 16.1 Å². The Labute approximate surface area is 145 Å². The van der Waals surface area contributed by atoms with Crippen molar-refractivity contribution in [3.05, 3.63) is 48.0 Å². The quantitative estimate of drug-likeness (QED) is 0.901. The number of rotatable bonds is 5. The SMILES string of the molecule is Cc1ccc(N2C[C@@H](C(=O)N[C@H](C)Cn3cccn3)CC2=O)cc1F. The fourth-order valence-corrected chi connectivity index (χ4v) is 2.98. The molecule has 7 heteroatoms. The van der Waals surface area contributed by atoms with Gasteiger partial charge in [-0.2, -0.15) is 5.10 Å². The molecule has 25 heavy (non-hydrogen) atoms. The van der Waals surface area contributed by atoms with Crippen LogP contribution < -0.4 is 10.2 Å². The molecule has 2 heterocycles. The molecule has 0 aliphatic carbocycles. The van der Waals surface area contributed by atoms with Gasteiger partial charge in [0.15, 0.2) is 0 Å². The topological polar surface area (TPSA) is 67.2 Å². The van der Waals surface area contributed by atoms with Crippen molar-refractivity contribution in [2.24, 2.45) is 5.92 Å². The number of aromatic nitrogens is 2. The van der Waals surface area contributed by atoms with E-state index in [9.17, 15) is 14.0 Å². The maximum atomic E-state index is 13.7. The van der Waals surface area contributed by atoms with Gasteiger partial charge in [-0.1, -0.05) is 6.07 Å². The van der Waals surface area contributed by atoms with Gasteiger partial charge in [-0.25, -0.2) is 4.39 Å². The molecule has 2 aromatic rings. The minimum absolute atomic E-state index is 0.103. The molecule has 132 valence electrons. The summed E-state index contributed by atoms with van der Waals surface area (Å²) in [5.41, 5.74) is 1.02. The zero-order valence-corrected chi connectivity index (χ0v) is 14.3. The van der Waals surface area contributed by atoms with Crippen molar-refractivity contribution in [3.63, 3.8) is 0 Å². The summed E-state index contributed by atoms with van der Waals surface area (Å²) in [4.78, 5) is 26.1. The molecule has 1 aliphatic rings. The summed E-state index contributed by atoms with van der Waals surface area (Å²) in [5.74, 6) is -1.12. The van der Waals surface area contributed by atoms with Gasteiger partial charge in [-0.15, -0.1) is 0 Å². The second kappa shape index (κ2) is 7.04. The Balaban J connectivity index is 1.61. The van der Waals surface area contributed by atoms with Crippen LogP contribution >= 0.6 is 0 Å². The summed E-state index contributed by atoms with van der Waals surface area (Å²) in [5, 5.41) is 7.03. The summed E-state index contributed by atoms with van der Waals surface area (Å²) >= 11 is 0. The molecule has 0 bridgehead atoms. The van der Waals surface area contributed by atoms with E-state index in [1.54, 1.807) is 29.9 Å². The zero-order valence-electron chi connectivity index (χ0n) is 14.3. The first-order chi connectivity index (χ1) is 11.9. The maximum Gasteiger partial charge on any atom is 0.227 e. The highest BCUT2D eigenvalue weighted by Gasteiger charge is 2.35. The van der Waals surface area contributed by atoms with E-state index in [1.165, 1.54) is 11.0 Å². The lowest BCUT2D eigenvalue weighted by Crippen LogP contribution is -2.40. The molecule has 1 aliphatic heterocycles. The molecule has 0 radical (unpaired) electrons. The molecule has 2 atom stereocenters.